The molecule has 0 aromatic carbocycles. The van der Waals surface area contributed by atoms with Crippen LogP contribution in [-0.4, -0.2) is 59.9 Å². The zero-order valence-electron chi connectivity index (χ0n) is 16.6. The minimum atomic E-state index is -0.838. The van der Waals surface area contributed by atoms with Gasteiger partial charge in [-0.15, -0.1) is 0 Å². The molecule has 0 bridgehead atoms. The molecule has 2 fully saturated rings. The predicted molar refractivity (Wildman–Crippen MR) is 101 cm³/mol. The second kappa shape index (κ2) is 9.36. The Kier molecular flexibility index (Phi) is 7.45. The summed E-state index contributed by atoms with van der Waals surface area (Å²) in [6.45, 7) is 8.72. The molecule has 2 aliphatic rings. The van der Waals surface area contributed by atoms with Crippen molar-refractivity contribution in [2.75, 3.05) is 32.7 Å². The summed E-state index contributed by atoms with van der Waals surface area (Å²) in [6, 6.07) is 2.20. The average Bonchev–Trinajstić information content (AvgIpc) is 3.13. The number of amides is 2. The number of carbonyl (C=O) groups excluding carboxylic acids is 2. The molecule has 0 radical (unpaired) electrons. The van der Waals surface area contributed by atoms with Gasteiger partial charge in [0.2, 0.25) is 11.8 Å². The Morgan fingerprint density at radius 2 is 1.81 bits per heavy atom. The maximum absolute atomic E-state index is 12.4. The van der Waals surface area contributed by atoms with E-state index in [0.717, 1.165) is 12.3 Å². The third kappa shape index (κ3) is 5.70. The largest absolute Gasteiger partial charge is 0.340 e. The summed E-state index contributed by atoms with van der Waals surface area (Å²) < 4.78 is 0. The van der Waals surface area contributed by atoms with E-state index in [2.05, 4.69) is 16.3 Å². The second-order valence-electron chi connectivity index (χ2n) is 8.36. The summed E-state index contributed by atoms with van der Waals surface area (Å²) in [7, 11) is 0. The van der Waals surface area contributed by atoms with Crippen molar-refractivity contribution in [2.24, 2.45) is 11.8 Å². The van der Waals surface area contributed by atoms with Crippen LogP contribution in [0.25, 0.3) is 0 Å². The third-order valence-electron chi connectivity index (χ3n) is 6.12. The molecule has 1 aliphatic heterocycles. The van der Waals surface area contributed by atoms with Crippen LogP contribution in [-0.2, 0) is 9.59 Å². The number of hydrogen-bond acceptors (Lipinski definition) is 4. The highest BCUT2D eigenvalue weighted by atomic mass is 16.2. The number of nitrogens with one attached hydrogen (secondary N) is 1. The monoisotopic (exact) mass is 362 g/mol. The van der Waals surface area contributed by atoms with Gasteiger partial charge in [0.25, 0.3) is 0 Å². The van der Waals surface area contributed by atoms with Gasteiger partial charge in [-0.3, -0.25) is 14.5 Å². The smallest absolute Gasteiger partial charge is 0.235 e. The third-order valence-corrected chi connectivity index (χ3v) is 6.12. The molecule has 0 spiro atoms. The Bertz CT molecular complexity index is 528. The van der Waals surface area contributed by atoms with Gasteiger partial charge in [-0.2, -0.15) is 5.26 Å². The second-order valence-corrected chi connectivity index (χ2v) is 8.36. The molecule has 1 atom stereocenters. The Hall–Kier alpha value is -1.61. The molecule has 26 heavy (non-hydrogen) atoms. The van der Waals surface area contributed by atoms with Crippen LogP contribution in [0.1, 0.15) is 59.3 Å². The van der Waals surface area contributed by atoms with Crippen LogP contribution in [0.5, 0.6) is 0 Å². The van der Waals surface area contributed by atoms with Gasteiger partial charge in [0.15, 0.2) is 0 Å². The van der Waals surface area contributed by atoms with Crippen molar-refractivity contribution in [3.05, 3.63) is 0 Å². The SMILES string of the molecule is CC(C)[C@](C)(C#N)NC(=O)CN1CCN(C(=O)CCC2CCCC2)CC1. The zero-order chi connectivity index (χ0) is 19.2. The quantitative estimate of drug-likeness (QED) is 0.753. The molecule has 0 unspecified atom stereocenters. The molecule has 1 saturated heterocycles. The number of carbonyl (C=O) groups is 2. The van der Waals surface area contributed by atoms with Crippen molar-refractivity contribution in [1.82, 2.24) is 15.1 Å². The summed E-state index contributed by atoms with van der Waals surface area (Å²) in [5.41, 5.74) is -0.838. The Labute approximate surface area is 157 Å². The minimum absolute atomic E-state index is 0.0470. The first-order chi connectivity index (χ1) is 12.3. The zero-order valence-corrected chi connectivity index (χ0v) is 16.6. The highest BCUT2D eigenvalue weighted by molar-refractivity contribution is 5.79. The van der Waals surface area contributed by atoms with Crippen molar-refractivity contribution in [1.29, 1.82) is 5.26 Å². The molecule has 0 aromatic rings. The Balaban J connectivity index is 1.69. The fourth-order valence-corrected chi connectivity index (χ4v) is 3.77. The van der Waals surface area contributed by atoms with E-state index in [1.807, 2.05) is 18.7 Å². The van der Waals surface area contributed by atoms with Gasteiger partial charge in [-0.1, -0.05) is 39.5 Å². The summed E-state index contributed by atoms with van der Waals surface area (Å²) in [5, 5.41) is 12.2. The molecule has 1 heterocycles. The van der Waals surface area contributed by atoms with Crippen LogP contribution < -0.4 is 5.32 Å². The highest BCUT2D eigenvalue weighted by Crippen LogP contribution is 2.28. The molecule has 2 amide bonds. The molecule has 2 rings (SSSR count). The number of hydrogen-bond donors (Lipinski definition) is 1. The van der Waals surface area contributed by atoms with Gasteiger partial charge in [0, 0.05) is 32.6 Å². The molecule has 6 nitrogen and oxygen atoms in total. The average molecular weight is 363 g/mol. The molecule has 1 saturated carbocycles. The van der Waals surface area contributed by atoms with E-state index in [-0.39, 0.29) is 24.3 Å². The van der Waals surface area contributed by atoms with E-state index in [9.17, 15) is 14.9 Å². The first kappa shape index (κ1) is 20.7. The first-order valence-corrected chi connectivity index (χ1v) is 10.1. The van der Waals surface area contributed by atoms with Crippen LogP contribution in [0.2, 0.25) is 0 Å². The summed E-state index contributed by atoms with van der Waals surface area (Å²) in [6.07, 6.45) is 6.91. The molecule has 6 heteroatoms. The van der Waals surface area contributed by atoms with E-state index >= 15 is 0 Å². The van der Waals surface area contributed by atoms with E-state index in [4.69, 9.17) is 0 Å². The standard InChI is InChI=1S/C20H34N4O2/c1-16(2)20(3,15-21)22-18(25)14-23-10-12-24(13-11-23)19(26)9-8-17-6-4-5-7-17/h16-17H,4-14H2,1-3H3,(H,22,25)/t20-/m0/s1. The van der Waals surface area contributed by atoms with Gasteiger partial charge in [-0.05, 0) is 25.2 Å². The number of piperazine rings is 1. The minimum Gasteiger partial charge on any atom is -0.340 e. The fraction of sp³-hybridized carbons (Fsp3) is 0.850. The molecular formula is C20H34N4O2. The van der Waals surface area contributed by atoms with E-state index in [0.29, 0.717) is 32.6 Å². The van der Waals surface area contributed by atoms with Crippen LogP contribution in [0.3, 0.4) is 0 Å². The molecule has 146 valence electrons. The van der Waals surface area contributed by atoms with E-state index < -0.39 is 5.54 Å². The lowest BCUT2D eigenvalue weighted by molar-refractivity contribution is -0.133. The predicted octanol–water partition coefficient (Wildman–Crippen LogP) is 2.16. The van der Waals surface area contributed by atoms with Crippen LogP contribution in [0.4, 0.5) is 0 Å². The van der Waals surface area contributed by atoms with Crippen LogP contribution in [0, 0.1) is 23.2 Å². The topological polar surface area (TPSA) is 76.4 Å². The van der Waals surface area contributed by atoms with E-state index in [1.165, 1.54) is 25.7 Å². The van der Waals surface area contributed by atoms with Crippen LogP contribution in [0.15, 0.2) is 0 Å². The van der Waals surface area contributed by atoms with Crippen molar-refractivity contribution in [3.8, 4) is 6.07 Å². The summed E-state index contributed by atoms with van der Waals surface area (Å²) in [4.78, 5) is 28.7. The van der Waals surface area contributed by atoms with E-state index in [1.54, 1.807) is 6.92 Å². The number of nitriles is 1. The lowest BCUT2D eigenvalue weighted by Gasteiger charge is -2.35. The molecular weight excluding hydrogens is 328 g/mol. The highest BCUT2D eigenvalue weighted by Gasteiger charge is 2.31. The Morgan fingerprint density at radius 1 is 1.19 bits per heavy atom. The normalized spacial score (nSPS) is 21.4. The fourth-order valence-electron chi connectivity index (χ4n) is 3.77. The summed E-state index contributed by atoms with van der Waals surface area (Å²) >= 11 is 0. The molecule has 1 N–H and O–H groups in total. The van der Waals surface area contributed by atoms with Gasteiger partial charge in [0.05, 0.1) is 12.6 Å². The maximum atomic E-state index is 12.4. The van der Waals surface area contributed by atoms with Gasteiger partial charge in [0.1, 0.15) is 5.54 Å². The lowest BCUT2D eigenvalue weighted by Crippen LogP contribution is -2.55. The van der Waals surface area contributed by atoms with Crippen molar-refractivity contribution >= 4 is 11.8 Å². The van der Waals surface area contributed by atoms with Gasteiger partial charge in [-0.25, -0.2) is 0 Å². The lowest BCUT2D eigenvalue weighted by atomic mass is 9.90. The summed E-state index contributed by atoms with van der Waals surface area (Å²) in [5.74, 6) is 0.937. The maximum Gasteiger partial charge on any atom is 0.235 e. The Morgan fingerprint density at radius 3 is 2.35 bits per heavy atom. The molecule has 0 aromatic heterocycles. The molecule has 1 aliphatic carbocycles. The number of rotatable bonds is 7. The number of nitrogens with zero attached hydrogens (tertiary/aromatic N) is 3. The van der Waals surface area contributed by atoms with Crippen molar-refractivity contribution < 1.29 is 9.59 Å². The van der Waals surface area contributed by atoms with Crippen molar-refractivity contribution in [2.45, 2.75) is 64.8 Å². The first-order valence-electron chi connectivity index (χ1n) is 10.1. The van der Waals surface area contributed by atoms with Crippen molar-refractivity contribution in [3.63, 3.8) is 0 Å². The van der Waals surface area contributed by atoms with Gasteiger partial charge < -0.3 is 10.2 Å². The van der Waals surface area contributed by atoms with Gasteiger partial charge >= 0.3 is 0 Å². The van der Waals surface area contributed by atoms with Crippen LogP contribution >= 0.6 is 0 Å².